The molecule has 4 aliphatic rings. The molecule has 2 atom stereocenters. The van der Waals surface area contributed by atoms with Crippen LogP contribution >= 0.6 is 11.3 Å². The Kier molecular flexibility index (Phi) is 4.58. The molecule has 2 unspecified atom stereocenters. The molecule has 4 fully saturated rings. The first-order valence-corrected chi connectivity index (χ1v) is 10.6. The van der Waals surface area contributed by atoms with Crippen LogP contribution in [0.5, 0.6) is 0 Å². The predicted octanol–water partition coefficient (Wildman–Crippen LogP) is 2.91. The molecule has 148 valence electrons. The van der Waals surface area contributed by atoms with Crippen molar-refractivity contribution in [3.63, 3.8) is 0 Å². The van der Waals surface area contributed by atoms with E-state index < -0.39 is 16.8 Å². The molecule has 6 nitrogen and oxygen atoms in total. The second kappa shape index (κ2) is 6.55. The number of hydrogen-bond donors (Lipinski definition) is 1. The number of thiazole rings is 1. The zero-order valence-corrected chi connectivity index (χ0v) is 17.1. The van der Waals surface area contributed by atoms with Crippen molar-refractivity contribution in [1.82, 2.24) is 4.57 Å². The summed E-state index contributed by atoms with van der Waals surface area (Å²) in [6.07, 6.45) is 4.63. The highest BCUT2D eigenvalue weighted by Crippen LogP contribution is 2.65. The van der Waals surface area contributed by atoms with E-state index in [9.17, 15) is 14.7 Å². The van der Waals surface area contributed by atoms with Gasteiger partial charge in [0, 0.05) is 24.2 Å². The van der Waals surface area contributed by atoms with Gasteiger partial charge in [-0.1, -0.05) is 0 Å². The Hall–Kier alpha value is -1.47. The minimum Gasteiger partial charge on any atom is -0.481 e. The van der Waals surface area contributed by atoms with Gasteiger partial charge in [-0.05, 0) is 64.2 Å². The van der Waals surface area contributed by atoms with Crippen molar-refractivity contribution < 1.29 is 19.4 Å². The van der Waals surface area contributed by atoms with Gasteiger partial charge in [0.05, 0.1) is 17.4 Å². The molecule has 4 saturated carbocycles. The molecule has 7 heteroatoms. The maximum Gasteiger partial charge on any atom is 0.309 e. The molecule has 1 amide bonds. The molecular formula is C20H28N2O4S. The molecule has 1 N–H and O–H groups in total. The number of carbonyl (C=O) groups is 2. The highest BCUT2D eigenvalue weighted by Gasteiger charge is 2.63. The van der Waals surface area contributed by atoms with E-state index >= 15 is 0 Å². The summed E-state index contributed by atoms with van der Waals surface area (Å²) in [6, 6.07) is 0. The summed E-state index contributed by atoms with van der Waals surface area (Å²) in [5.41, 5.74) is -0.174. The average molecular weight is 393 g/mol. The third-order valence-corrected chi connectivity index (χ3v) is 8.17. The molecule has 1 aromatic rings. The zero-order chi connectivity index (χ0) is 19.4. The number of carboxylic acids is 1. The summed E-state index contributed by atoms with van der Waals surface area (Å²) in [5.74, 6) is -0.107. The maximum atomic E-state index is 13.4. The lowest BCUT2D eigenvalue weighted by Crippen LogP contribution is -2.57. The Bertz CT molecular complexity index is 839. The topological polar surface area (TPSA) is 80.9 Å². The lowest BCUT2D eigenvalue weighted by atomic mass is 9.44. The van der Waals surface area contributed by atoms with E-state index in [1.165, 1.54) is 11.3 Å². The van der Waals surface area contributed by atoms with Crippen LogP contribution in [0.25, 0.3) is 0 Å². The summed E-state index contributed by atoms with van der Waals surface area (Å²) >= 11 is 1.53. The smallest absolute Gasteiger partial charge is 0.309 e. The van der Waals surface area contributed by atoms with Crippen LogP contribution in [0, 0.1) is 36.5 Å². The molecule has 0 spiro atoms. The highest BCUT2D eigenvalue weighted by molar-refractivity contribution is 7.09. The van der Waals surface area contributed by atoms with Crippen molar-refractivity contribution in [3.8, 4) is 0 Å². The van der Waals surface area contributed by atoms with E-state index in [1.807, 2.05) is 13.8 Å². The number of ether oxygens (including phenoxy) is 1. The number of carboxylic acid groups (broad SMARTS) is 1. The Balaban J connectivity index is 1.71. The Morgan fingerprint density at radius 1 is 1.22 bits per heavy atom. The third kappa shape index (κ3) is 2.99. The van der Waals surface area contributed by atoms with Crippen molar-refractivity contribution in [2.45, 2.75) is 58.9 Å². The predicted molar refractivity (Wildman–Crippen MR) is 101 cm³/mol. The number of aliphatic carboxylic acids is 1. The number of hydrogen-bond acceptors (Lipinski definition) is 4. The highest BCUT2D eigenvalue weighted by atomic mass is 32.1. The van der Waals surface area contributed by atoms with E-state index in [1.54, 1.807) is 7.11 Å². The van der Waals surface area contributed by atoms with Gasteiger partial charge in [-0.25, -0.2) is 0 Å². The van der Waals surface area contributed by atoms with Gasteiger partial charge in [0.15, 0.2) is 4.80 Å². The van der Waals surface area contributed by atoms with E-state index in [4.69, 9.17) is 4.74 Å². The number of carbonyl (C=O) groups excluding carboxylic acids is 1. The van der Waals surface area contributed by atoms with Crippen LogP contribution in [-0.4, -0.2) is 35.3 Å². The minimum atomic E-state index is -0.716. The van der Waals surface area contributed by atoms with Gasteiger partial charge in [0.25, 0.3) is 5.91 Å². The summed E-state index contributed by atoms with van der Waals surface area (Å²) in [7, 11) is 1.66. The molecular weight excluding hydrogens is 364 g/mol. The molecule has 0 radical (unpaired) electrons. The van der Waals surface area contributed by atoms with Gasteiger partial charge < -0.3 is 14.4 Å². The fraction of sp³-hybridized carbons (Fsp3) is 0.750. The van der Waals surface area contributed by atoms with Gasteiger partial charge >= 0.3 is 5.97 Å². The van der Waals surface area contributed by atoms with Crippen LogP contribution in [-0.2, 0) is 20.9 Å². The Morgan fingerprint density at radius 3 is 2.44 bits per heavy atom. The first-order chi connectivity index (χ1) is 12.8. The number of aryl methyl sites for hydroxylation is 1. The standard InChI is InChI=1S/C20H28N2O4S/c1-12-13(2)27-18(22(12)4-5-26-3)21-16(23)19-7-14-6-15(8-19)10-20(9-14,11-19)17(24)25/h14-15H,4-11H2,1-3H3,(H,24,25). The molecule has 0 saturated heterocycles. The van der Waals surface area contributed by atoms with Crippen LogP contribution in [0.2, 0.25) is 0 Å². The molecule has 0 aromatic carbocycles. The second-order valence-electron chi connectivity index (χ2n) is 8.91. The molecule has 5 rings (SSSR count). The number of aromatic nitrogens is 1. The van der Waals surface area contributed by atoms with E-state index in [0.717, 1.165) is 42.7 Å². The molecule has 27 heavy (non-hydrogen) atoms. The van der Waals surface area contributed by atoms with Crippen LogP contribution in [0.15, 0.2) is 4.99 Å². The SMILES string of the molecule is COCCn1c(C)c(C)sc1=NC(=O)C12CC3CC(CC(C(=O)O)(C3)C1)C2. The van der Waals surface area contributed by atoms with E-state index in [-0.39, 0.29) is 5.91 Å². The molecule has 1 aromatic heterocycles. The molecule has 4 bridgehead atoms. The van der Waals surface area contributed by atoms with Crippen LogP contribution in [0.1, 0.15) is 49.1 Å². The Morgan fingerprint density at radius 2 is 1.85 bits per heavy atom. The van der Waals surface area contributed by atoms with E-state index in [2.05, 4.69) is 9.56 Å². The monoisotopic (exact) mass is 392 g/mol. The third-order valence-electron chi connectivity index (χ3n) is 7.07. The van der Waals surface area contributed by atoms with E-state index in [0.29, 0.717) is 36.2 Å². The second-order valence-corrected chi connectivity index (χ2v) is 10.1. The van der Waals surface area contributed by atoms with Crippen LogP contribution in [0.3, 0.4) is 0 Å². The van der Waals surface area contributed by atoms with Crippen molar-refractivity contribution in [3.05, 3.63) is 15.4 Å². The lowest BCUT2D eigenvalue weighted by Gasteiger charge is -2.59. The van der Waals surface area contributed by atoms with Crippen molar-refractivity contribution in [2.24, 2.45) is 27.7 Å². The number of nitrogens with zero attached hydrogens (tertiary/aromatic N) is 2. The van der Waals surface area contributed by atoms with Gasteiger partial charge in [-0.3, -0.25) is 9.59 Å². The van der Waals surface area contributed by atoms with Crippen molar-refractivity contribution in [1.29, 1.82) is 0 Å². The normalized spacial score (nSPS) is 35.0. The maximum absolute atomic E-state index is 13.4. The average Bonchev–Trinajstić information content (AvgIpc) is 2.85. The fourth-order valence-electron chi connectivity index (χ4n) is 6.10. The quantitative estimate of drug-likeness (QED) is 0.835. The van der Waals surface area contributed by atoms with Gasteiger partial charge in [0.1, 0.15) is 0 Å². The summed E-state index contributed by atoms with van der Waals surface area (Å²) in [6.45, 7) is 5.30. The minimum absolute atomic E-state index is 0.102. The van der Waals surface area contributed by atoms with Gasteiger partial charge in [-0.2, -0.15) is 4.99 Å². The largest absolute Gasteiger partial charge is 0.481 e. The lowest BCUT2D eigenvalue weighted by molar-refractivity contribution is -0.177. The number of rotatable bonds is 5. The van der Waals surface area contributed by atoms with Crippen molar-refractivity contribution >= 4 is 23.2 Å². The molecule has 4 aliphatic carbocycles. The van der Waals surface area contributed by atoms with Gasteiger partial charge in [-0.15, -0.1) is 11.3 Å². The fourth-order valence-corrected chi connectivity index (χ4v) is 7.10. The van der Waals surface area contributed by atoms with Crippen LogP contribution < -0.4 is 4.80 Å². The summed E-state index contributed by atoms with van der Waals surface area (Å²) in [4.78, 5) is 31.8. The zero-order valence-electron chi connectivity index (χ0n) is 16.3. The summed E-state index contributed by atoms with van der Waals surface area (Å²) < 4.78 is 7.25. The number of amides is 1. The molecule has 1 heterocycles. The van der Waals surface area contributed by atoms with Crippen LogP contribution in [0.4, 0.5) is 0 Å². The molecule has 0 aliphatic heterocycles. The Labute approximate surface area is 163 Å². The van der Waals surface area contributed by atoms with Crippen molar-refractivity contribution in [2.75, 3.05) is 13.7 Å². The first kappa shape index (κ1) is 18.9. The summed E-state index contributed by atoms with van der Waals surface area (Å²) in [5, 5.41) is 9.89. The first-order valence-electron chi connectivity index (χ1n) is 9.77. The van der Waals surface area contributed by atoms with Gasteiger partial charge in [0.2, 0.25) is 0 Å². The number of methoxy groups -OCH3 is 1.